The predicted octanol–water partition coefficient (Wildman–Crippen LogP) is 2.77. The zero-order chi connectivity index (χ0) is 9.03. The molecule has 12 heavy (non-hydrogen) atoms. The van der Waals surface area contributed by atoms with Crippen LogP contribution in [0, 0.1) is 11.3 Å². The van der Waals surface area contributed by atoms with Crippen molar-refractivity contribution in [3.8, 4) is 0 Å². The van der Waals surface area contributed by atoms with Gasteiger partial charge in [0.2, 0.25) is 0 Å². The molecule has 1 aliphatic rings. The van der Waals surface area contributed by atoms with E-state index >= 15 is 0 Å². The molecule has 2 N–H and O–H groups in total. The van der Waals surface area contributed by atoms with Gasteiger partial charge >= 0.3 is 0 Å². The Morgan fingerprint density at radius 1 is 1.42 bits per heavy atom. The molecule has 72 valence electrons. The molecule has 0 amide bonds. The summed E-state index contributed by atoms with van der Waals surface area (Å²) in [6.45, 7) is 3.05. The van der Waals surface area contributed by atoms with Crippen molar-refractivity contribution in [2.24, 2.45) is 17.1 Å². The Morgan fingerprint density at radius 3 is 2.33 bits per heavy atom. The SMILES string of the molecule is CCC1CCC(CN)(CCl)CC1. The second-order valence-electron chi connectivity index (χ2n) is 4.19. The van der Waals surface area contributed by atoms with Crippen molar-refractivity contribution < 1.29 is 0 Å². The van der Waals surface area contributed by atoms with E-state index in [1.807, 2.05) is 0 Å². The number of hydrogen-bond donors (Lipinski definition) is 1. The first-order chi connectivity index (χ1) is 5.76. The first-order valence-corrected chi connectivity index (χ1v) is 5.56. The number of rotatable bonds is 3. The van der Waals surface area contributed by atoms with Crippen LogP contribution in [0.5, 0.6) is 0 Å². The Labute approximate surface area is 80.7 Å². The summed E-state index contributed by atoms with van der Waals surface area (Å²) in [4.78, 5) is 0. The van der Waals surface area contributed by atoms with E-state index in [4.69, 9.17) is 17.3 Å². The molecule has 0 heterocycles. The fraction of sp³-hybridized carbons (Fsp3) is 1.00. The van der Waals surface area contributed by atoms with Crippen LogP contribution in [0.1, 0.15) is 39.0 Å². The van der Waals surface area contributed by atoms with Gasteiger partial charge in [0.15, 0.2) is 0 Å². The third-order valence-corrected chi connectivity index (χ3v) is 4.03. The van der Waals surface area contributed by atoms with E-state index in [9.17, 15) is 0 Å². The van der Waals surface area contributed by atoms with E-state index in [1.54, 1.807) is 0 Å². The summed E-state index contributed by atoms with van der Waals surface area (Å²) in [6.07, 6.45) is 6.47. The van der Waals surface area contributed by atoms with Crippen LogP contribution in [0.4, 0.5) is 0 Å². The zero-order valence-corrected chi connectivity index (χ0v) is 8.74. The van der Waals surface area contributed by atoms with Crippen LogP contribution in [-0.4, -0.2) is 12.4 Å². The van der Waals surface area contributed by atoms with Crippen molar-refractivity contribution in [2.45, 2.75) is 39.0 Å². The fourth-order valence-corrected chi connectivity index (χ4v) is 2.47. The van der Waals surface area contributed by atoms with Crippen molar-refractivity contribution in [3.05, 3.63) is 0 Å². The van der Waals surface area contributed by atoms with Gasteiger partial charge in [-0.3, -0.25) is 0 Å². The minimum absolute atomic E-state index is 0.285. The minimum atomic E-state index is 0.285. The second-order valence-corrected chi connectivity index (χ2v) is 4.46. The van der Waals surface area contributed by atoms with Crippen LogP contribution in [0.3, 0.4) is 0 Å². The fourth-order valence-electron chi connectivity index (χ4n) is 2.09. The first-order valence-electron chi connectivity index (χ1n) is 5.02. The van der Waals surface area contributed by atoms with Gasteiger partial charge < -0.3 is 5.73 Å². The molecule has 1 aliphatic carbocycles. The predicted molar refractivity (Wildman–Crippen MR) is 54.5 cm³/mol. The third-order valence-electron chi connectivity index (χ3n) is 3.46. The standard InChI is InChI=1S/C10H20ClN/c1-2-9-3-5-10(7-11,8-12)6-4-9/h9H,2-8,12H2,1H3. The molecule has 0 atom stereocenters. The van der Waals surface area contributed by atoms with Crippen molar-refractivity contribution >= 4 is 11.6 Å². The summed E-state index contributed by atoms with van der Waals surface area (Å²) in [7, 11) is 0. The average molecular weight is 190 g/mol. The molecular weight excluding hydrogens is 170 g/mol. The molecule has 0 radical (unpaired) electrons. The summed E-state index contributed by atoms with van der Waals surface area (Å²) in [5.74, 6) is 1.69. The van der Waals surface area contributed by atoms with Crippen molar-refractivity contribution in [1.82, 2.24) is 0 Å². The van der Waals surface area contributed by atoms with E-state index in [-0.39, 0.29) is 5.41 Å². The Balaban J connectivity index is 2.42. The lowest BCUT2D eigenvalue weighted by atomic mass is 9.71. The Morgan fingerprint density at radius 2 is 2.00 bits per heavy atom. The lowest BCUT2D eigenvalue weighted by molar-refractivity contribution is 0.179. The molecule has 0 bridgehead atoms. The van der Waals surface area contributed by atoms with E-state index in [1.165, 1.54) is 32.1 Å². The molecule has 0 spiro atoms. The van der Waals surface area contributed by atoms with E-state index in [0.717, 1.165) is 18.3 Å². The summed E-state index contributed by atoms with van der Waals surface area (Å²) in [5.41, 5.74) is 6.04. The van der Waals surface area contributed by atoms with Gasteiger partial charge in [0.1, 0.15) is 0 Å². The Bertz CT molecular complexity index is 122. The highest BCUT2D eigenvalue weighted by Gasteiger charge is 2.32. The molecule has 0 aromatic carbocycles. The summed E-state index contributed by atoms with van der Waals surface area (Å²) >= 11 is 5.95. The highest BCUT2D eigenvalue weighted by Crippen LogP contribution is 2.39. The smallest absolute Gasteiger partial charge is 0.0292 e. The van der Waals surface area contributed by atoms with Crippen LogP contribution < -0.4 is 5.73 Å². The van der Waals surface area contributed by atoms with E-state index < -0.39 is 0 Å². The maximum atomic E-state index is 5.95. The minimum Gasteiger partial charge on any atom is -0.330 e. The number of alkyl halides is 1. The highest BCUT2D eigenvalue weighted by molar-refractivity contribution is 6.18. The summed E-state index contributed by atoms with van der Waals surface area (Å²) < 4.78 is 0. The molecule has 0 aromatic heterocycles. The van der Waals surface area contributed by atoms with Gasteiger partial charge in [0.05, 0.1) is 0 Å². The molecule has 1 nitrogen and oxygen atoms in total. The normalized spacial score (nSPS) is 36.8. The topological polar surface area (TPSA) is 26.0 Å². The largest absolute Gasteiger partial charge is 0.330 e. The lowest BCUT2D eigenvalue weighted by Gasteiger charge is -2.37. The monoisotopic (exact) mass is 189 g/mol. The van der Waals surface area contributed by atoms with Gasteiger partial charge in [-0.05, 0) is 43.6 Å². The van der Waals surface area contributed by atoms with Gasteiger partial charge in [-0.25, -0.2) is 0 Å². The Kier molecular flexibility index (Phi) is 3.85. The molecule has 1 saturated carbocycles. The third kappa shape index (κ3) is 2.14. The van der Waals surface area contributed by atoms with E-state index in [0.29, 0.717) is 0 Å². The van der Waals surface area contributed by atoms with Gasteiger partial charge in [-0.2, -0.15) is 0 Å². The average Bonchev–Trinajstić information content (AvgIpc) is 2.18. The molecule has 0 saturated heterocycles. The van der Waals surface area contributed by atoms with Crippen molar-refractivity contribution in [2.75, 3.05) is 12.4 Å². The molecule has 1 fully saturated rings. The van der Waals surface area contributed by atoms with Gasteiger partial charge in [-0.1, -0.05) is 13.3 Å². The van der Waals surface area contributed by atoms with Crippen LogP contribution >= 0.6 is 11.6 Å². The first kappa shape index (κ1) is 10.3. The maximum absolute atomic E-state index is 5.95. The molecular formula is C10H20ClN. The number of hydrogen-bond acceptors (Lipinski definition) is 1. The van der Waals surface area contributed by atoms with Gasteiger partial charge in [0, 0.05) is 5.88 Å². The second kappa shape index (κ2) is 4.48. The van der Waals surface area contributed by atoms with Crippen molar-refractivity contribution in [3.63, 3.8) is 0 Å². The summed E-state index contributed by atoms with van der Waals surface area (Å²) in [5, 5.41) is 0. The lowest BCUT2D eigenvalue weighted by Crippen LogP contribution is -2.36. The summed E-state index contributed by atoms with van der Waals surface area (Å²) in [6, 6.07) is 0. The highest BCUT2D eigenvalue weighted by atomic mass is 35.5. The van der Waals surface area contributed by atoms with Crippen LogP contribution in [0.2, 0.25) is 0 Å². The van der Waals surface area contributed by atoms with Gasteiger partial charge in [-0.15, -0.1) is 11.6 Å². The quantitative estimate of drug-likeness (QED) is 0.679. The van der Waals surface area contributed by atoms with Gasteiger partial charge in [0.25, 0.3) is 0 Å². The van der Waals surface area contributed by atoms with E-state index in [2.05, 4.69) is 6.92 Å². The van der Waals surface area contributed by atoms with Crippen molar-refractivity contribution in [1.29, 1.82) is 0 Å². The molecule has 0 aromatic rings. The molecule has 0 aliphatic heterocycles. The molecule has 1 rings (SSSR count). The molecule has 2 heteroatoms. The number of nitrogens with two attached hydrogens (primary N) is 1. The number of halogens is 1. The Hall–Kier alpha value is 0.250. The molecule has 0 unspecified atom stereocenters. The zero-order valence-electron chi connectivity index (χ0n) is 7.98. The van der Waals surface area contributed by atoms with Crippen LogP contribution in [-0.2, 0) is 0 Å². The van der Waals surface area contributed by atoms with Crippen LogP contribution in [0.15, 0.2) is 0 Å². The van der Waals surface area contributed by atoms with Crippen LogP contribution in [0.25, 0.3) is 0 Å². The maximum Gasteiger partial charge on any atom is 0.0292 e.